The number of likely N-dealkylation sites (N-methyl/N-ethyl adjacent to an activating group) is 1. The van der Waals surface area contributed by atoms with E-state index in [-0.39, 0.29) is 5.91 Å². The number of hydrogen-bond donors (Lipinski definition) is 2. The lowest BCUT2D eigenvalue weighted by molar-refractivity contribution is 0.102. The minimum atomic E-state index is -0.117. The maximum absolute atomic E-state index is 13.0. The minimum absolute atomic E-state index is 0.117. The summed E-state index contributed by atoms with van der Waals surface area (Å²) >= 11 is 0. The lowest BCUT2D eigenvalue weighted by Crippen LogP contribution is -2.43. The van der Waals surface area contributed by atoms with Gasteiger partial charge in [0.15, 0.2) is 0 Å². The number of anilines is 1. The fourth-order valence-electron chi connectivity index (χ4n) is 5.77. The largest absolute Gasteiger partial charge is 0.338 e. The molecule has 1 unspecified atom stereocenters. The molecule has 1 amide bonds. The zero-order chi connectivity index (χ0) is 26.1. The number of aromatic nitrogens is 2. The van der Waals surface area contributed by atoms with E-state index in [1.54, 1.807) is 0 Å². The van der Waals surface area contributed by atoms with E-state index in [1.165, 1.54) is 29.5 Å². The SMILES string of the molecule is CC1CCCc2cc(-c3nc4ccc(C(=O)Nc5ccc(CN6CCN(C)CC6)cc5)cc4[nH]3)ccc2C1. The van der Waals surface area contributed by atoms with Gasteiger partial charge in [0.2, 0.25) is 0 Å². The van der Waals surface area contributed by atoms with Gasteiger partial charge < -0.3 is 15.2 Å². The Morgan fingerprint density at radius 2 is 1.82 bits per heavy atom. The predicted molar refractivity (Wildman–Crippen MR) is 155 cm³/mol. The maximum atomic E-state index is 13.0. The number of carbonyl (C=O) groups is 1. The van der Waals surface area contributed by atoms with E-state index in [2.05, 4.69) is 64.4 Å². The molecule has 1 aliphatic heterocycles. The number of imidazole rings is 1. The number of fused-ring (bicyclic) bond motifs is 2. The summed E-state index contributed by atoms with van der Waals surface area (Å²) in [5.41, 5.74) is 8.46. The van der Waals surface area contributed by atoms with Crippen LogP contribution in [0.4, 0.5) is 5.69 Å². The van der Waals surface area contributed by atoms with Gasteiger partial charge in [-0.15, -0.1) is 0 Å². The average Bonchev–Trinajstić information content (AvgIpc) is 3.26. The molecule has 0 spiro atoms. The second kappa shape index (κ2) is 10.7. The molecule has 6 nitrogen and oxygen atoms in total. The number of rotatable bonds is 5. The number of carbonyl (C=O) groups excluding carboxylic acids is 1. The number of aryl methyl sites for hydroxylation is 1. The van der Waals surface area contributed by atoms with Crippen LogP contribution in [0.25, 0.3) is 22.4 Å². The van der Waals surface area contributed by atoms with Crippen LogP contribution in [-0.2, 0) is 19.4 Å². The molecular weight excluding hydrogens is 470 g/mol. The van der Waals surface area contributed by atoms with E-state index in [4.69, 9.17) is 4.98 Å². The lowest BCUT2D eigenvalue weighted by atomic mass is 9.97. The van der Waals surface area contributed by atoms with Crippen LogP contribution in [0.2, 0.25) is 0 Å². The summed E-state index contributed by atoms with van der Waals surface area (Å²) in [5.74, 6) is 1.49. The number of benzene rings is 3. The summed E-state index contributed by atoms with van der Waals surface area (Å²) in [5, 5.41) is 3.05. The number of hydrogen-bond acceptors (Lipinski definition) is 4. The van der Waals surface area contributed by atoms with Gasteiger partial charge in [0.05, 0.1) is 11.0 Å². The first-order chi connectivity index (χ1) is 18.5. The third-order valence-corrected chi connectivity index (χ3v) is 8.15. The number of nitrogens with one attached hydrogen (secondary N) is 2. The van der Waals surface area contributed by atoms with Crippen LogP contribution in [0.3, 0.4) is 0 Å². The summed E-state index contributed by atoms with van der Waals surface area (Å²) in [6.07, 6.45) is 4.83. The molecule has 1 aromatic heterocycles. The van der Waals surface area contributed by atoms with Gasteiger partial charge in [0.1, 0.15) is 5.82 Å². The van der Waals surface area contributed by atoms with E-state index >= 15 is 0 Å². The first kappa shape index (κ1) is 24.8. The molecule has 1 fully saturated rings. The van der Waals surface area contributed by atoms with E-state index in [0.717, 1.165) is 79.6 Å². The van der Waals surface area contributed by atoms with Gasteiger partial charge in [-0.25, -0.2) is 4.98 Å². The Balaban J connectivity index is 1.13. The fourth-order valence-corrected chi connectivity index (χ4v) is 5.77. The number of H-pyrrole nitrogens is 1. The van der Waals surface area contributed by atoms with Gasteiger partial charge in [-0.05, 0) is 85.3 Å². The van der Waals surface area contributed by atoms with Gasteiger partial charge in [-0.2, -0.15) is 0 Å². The molecule has 2 aliphatic rings. The summed E-state index contributed by atoms with van der Waals surface area (Å²) < 4.78 is 0. The van der Waals surface area contributed by atoms with E-state index in [9.17, 15) is 4.79 Å². The average molecular weight is 508 g/mol. The molecular formula is C32H37N5O. The molecule has 0 saturated carbocycles. The van der Waals surface area contributed by atoms with Crippen molar-refractivity contribution < 1.29 is 4.79 Å². The Morgan fingerprint density at radius 3 is 2.63 bits per heavy atom. The standard InChI is InChI=1S/C32H37N5O/c1-22-4-3-5-24-19-26(9-8-25(24)18-22)31-34-29-13-10-27(20-30(29)35-31)32(38)33-28-11-6-23(7-12-28)21-37-16-14-36(2)15-17-37/h6-13,19-20,22H,3-5,14-18,21H2,1-2H3,(H,33,38)(H,34,35). The Morgan fingerprint density at radius 1 is 1.00 bits per heavy atom. The molecule has 2 heterocycles. The quantitative estimate of drug-likeness (QED) is 0.338. The number of piperazine rings is 1. The van der Waals surface area contributed by atoms with Crippen molar-refractivity contribution in [3.05, 3.63) is 82.9 Å². The Kier molecular flexibility index (Phi) is 7.00. The molecule has 1 atom stereocenters. The molecule has 2 N–H and O–H groups in total. The predicted octanol–water partition coefficient (Wildman–Crippen LogP) is 5.74. The highest BCUT2D eigenvalue weighted by molar-refractivity contribution is 6.06. The summed E-state index contributed by atoms with van der Waals surface area (Å²) in [4.78, 5) is 26.1. The zero-order valence-electron chi connectivity index (χ0n) is 22.5. The van der Waals surface area contributed by atoms with Crippen molar-refractivity contribution in [2.45, 2.75) is 39.2 Å². The highest BCUT2D eigenvalue weighted by atomic mass is 16.1. The highest BCUT2D eigenvalue weighted by Crippen LogP contribution is 2.29. The van der Waals surface area contributed by atoms with Crippen molar-refractivity contribution >= 4 is 22.6 Å². The molecule has 0 radical (unpaired) electrons. The van der Waals surface area contributed by atoms with Crippen LogP contribution in [-0.4, -0.2) is 58.9 Å². The molecule has 1 saturated heterocycles. The second-order valence-corrected chi connectivity index (χ2v) is 11.2. The molecule has 6 heteroatoms. The Hall–Kier alpha value is -3.48. The van der Waals surface area contributed by atoms with Gasteiger partial charge in [0.25, 0.3) is 5.91 Å². The van der Waals surface area contributed by atoms with Crippen LogP contribution in [0.1, 0.15) is 46.8 Å². The van der Waals surface area contributed by atoms with E-state index in [1.807, 2.05) is 30.3 Å². The first-order valence-electron chi connectivity index (χ1n) is 13.9. The normalized spacial score (nSPS) is 18.7. The molecule has 0 bridgehead atoms. The number of nitrogens with zero attached hydrogens (tertiary/aromatic N) is 3. The number of amides is 1. The van der Waals surface area contributed by atoms with Crippen molar-refractivity contribution in [2.24, 2.45) is 5.92 Å². The van der Waals surface area contributed by atoms with Gasteiger partial charge in [-0.1, -0.05) is 37.6 Å². The molecule has 196 valence electrons. The molecule has 6 rings (SSSR count). The Bertz CT molecular complexity index is 1430. The van der Waals surface area contributed by atoms with Crippen LogP contribution in [0.15, 0.2) is 60.7 Å². The highest BCUT2D eigenvalue weighted by Gasteiger charge is 2.16. The van der Waals surface area contributed by atoms with Gasteiger partial charge in [0, 0.05) is 49.5 Å². The van der Waals surface area contributed by atoms with Crippen molar-refractivity contribution in [3.8, 4) is 11.4 Å². The fraction of sp³-hybridized carbons (Fsp3) is 0.375. The topological polar surface area (TPSA) is 64.3 Å². The van der Waals surface area contributed by atoms with Crippen LogP contribution < -0.4 is 5.32 Å². The monoisotopic (exact) mass is 507 g/mol. The Labute approximate surface area is 225 Å². The van der Waals surface area contributed by atoms with Crippen molar-refractivity contribution in [1.82, 2.24) is 19.8 Å². The lowest BCUT2D eigenvalue weighted by Gasteiger charge is -2.32. The molecule has 38 heavy (non-hydrogen) atoms. The van der Waals surface area contributed by atoms with Gasteiger partial charge >= 0.3 is 0 Å². The summed E-state index contributed by atoms with van der Waals surface area (Å²) in [6, 6.07) is 20.6. The van der Waals surface area contributed by atoms with Crippen LogP contribution in [0.5, 0.6) is 0 Å². The zero-order valence-corrected chi connectivity index (χ0v) is 22.5. The van der Waals surface area contributed by atoms with E-state index in [0.29, 0.717) is 5.56 Å². The first-order valence-corrected chi connectivity index (χ1v) is 13.9. The maximum Gasteiger partial charge on any atom is 0.255 e. The van der Waals surface area contributed by atoms with Crippen molar-refractivity contribution in [2.75, 3.05) is 38.5 Å². The van der Waals surface area contributed by atoms with Crippen molar-refractivity contribution in [3.63, 3.8) is 0 Å². The third kappa shape index (κ3) is 5.52. The number of aromatic amines is 1. The molecule has 4 aromatic rings. The smallest absolute Gasteiger partial charge is 0.255 e. The summed E-state index contributed by atoms with van der Waals surface area (Å²) in [6.45, 7) is 7.72. The molecule has 1 aliphatic carbocycles. The second-order valence-electron chi connectivity index (χ2n) is 11.2. The third-order valence-electron chi connectivity index (χ3n) is 8.15. The van der Waals surface area contributed by atoms with E-state index < -0.39 is 0 Å². The van der Waals surface area contributed by atoms with Crippen LogP contribution in [0, 0.1) is 5.92 Å². The molecule has 3 aromatic carbocycles. The van der Waals surface area contributed by atoms with Gasteiger partial charge in [-0.3, -0.25) is 9.69 Å². The van der Waals surface area contributed by atoms with Crippen LogP contribution >= 0.6 is 0 Å². The summed E-state index contributed by atoms with van der Waals surface area (Å²) in [7, 11) is 2.17. The van der Waals surface area contributed by atoms with Crippen molar-refractivity contribution in [1.29, 1.82) is 0 Å². The minimum Gasteiger partial charge on any atom is -0.338 e.